The van der Waals surface area contributed by atoms with Crippen molar-refractivity contribution in [2.24, 2.45) is 11.3 Å². The lowest BCUT2D eigenvalue weighted by molar-refractivity contribution is 0.0111. The fourth-order valence-electron chi connectivity index (χ4n) is 2.83. The first-order valence-corrected chi connectivity index (χ1v) is 7.88. The second-order valence-corrected chi connectivity index (χ2v) is 7.86. The van der Waals surface area contributed by atoms with Gasteiger partial charge in [0, 0.05) is 13.2 Å². The highest BCUT2D eigenvalue weighted by Gasteiger charge is 2.22. The van der Waals surface area contributed by atoms with Crippen molar-refractivity contribution in [3.63, 3.8) is 0 Å². The zero-order chi connectivity index (χ0) is 15.1. The van der Waals surface area contributed by atoms with E-state index < -0.39 is 0 Å². The molecule has 0 fully saturated rings. The zero-order valence-corrected chi connectivity index (χ0v) is 14.6. The van der Waals surface area contributed by atoms with Crippen LogP contribution in [0.15, 0.2) is 0 Å². The summed E-state index contributed by atoms with van der Waals surface area (Å²) in [6.45, 7) is 17.0. The van der Waals surface area contributed by atoms with Crippen LogP contribution in [0.5, 0.6) is 0 Å². The molecule has 0 aliphatic heterocycles. The Hall–Kier alpha value is -0.0800. The Labute approximate surface area is 121 Å². The van der Waals surface area contributed by atoms with Crippen molar-refractivity contribution in [3.8, 4) is 0 Å². The van der Waals surface area contributed by atoms with Gasteiger partial charge in [-0.25, -0.2) is 0 Å². The molecule has 0 spiro atoms. The standard InChI is InChI=1S/C17H37NO/c1-9-18-15(10-11-17(6,7)19-8)12-14(2)13-16(3,4)5/h14-15,18H,9-13H2,1-8H3. The zero-order valence-electron chi connectivity index (χ0n) is 14.6. The molecule has 0 aliphatic rings. The van der Waals surface area contributed by atoms with E-state index in [-0.39, 0.29) is 5.60 Å². The maximum atomic E-state index is 5.52. The van der Waals surface area contributed by atoms with Crippen LogP contribution in [-0.4, -0.2) is 25.3 Å². The second-order valence-electron chi connectivity index (χ2n) is 7.86. The van der Waals surface area contributed by atoms with E-state index in [2.05, 4.69) is 53.8 Å². The molecule has 2 heteroatoms. The summed E-state index contributed by atoms with van der Waals surface area (Å²) in [6.07, 6.45) is 4.88. The lowest BCUT2D eigenvalue weighted by Crippen LogP contribution is -2.34. The summed E-state index contributed by atoms with van der Waals surface area (Å²) in [6, 6.07) is 0.622. The van der Waals surface area contributed by atoms with E-state index in [1.165, 1.54) is 19.3 Å². The molecule has 0 rings (SSSR count). The Morgan fingerprint density at radius 3 is 2.11 bits per heavy atom. The molecule has 2 nitrogen and oxygen atoms in total. The third-order valence-corrected chi connectivity index (χ3v) is 3.79. The minimum Gasteiger partial charge on any atom is -0.379 e. The number of nitrogens with one attached hydrogen (secondary N) is 1. The Morgan fingerprint density at radius 1 is 1.11 bits per heavy atom. The molecule has 0 aliphatic carbocycles. The molecule has 2 unspecified atom stereocenters. The molecule has 2 atom stereocenters. The number of methoxy groups -OCH3 is 1. The number of hydrogen-bond donors (Lipinski definition) is 1. The molecule has 19 heavy (non-hydrogen) atoms. The van der Waals surface area contributed by atoms with Crippen LogP contribution in [0.2, 0.25) is 0 Å². The Balaban J connectivity index is 4.25. The fraction of sp³-hybridized carbons (Fsp3) is 1.00. The van der Waals surface area contributed by atoms with Gasteiger partial charge in [0.15, 0.2) is 0 Å². The van der Waals surface area contributed by atoms with Crippen LogP contribution in [0, 0.1) is 11.3 Å². The van der Waals surface area contributed by atoms with E-state index in [0.717, 1.165) is 18.9 Å². The van der Waals surface area contributed by atoms with Crippen molar-refractivity contribution >= 4 is 0 Å². The van der Waals surface area contributed by atoms with Crippen molar-refractivity contribution in [2.45, 2.75) is 85.8 Å². The van der Waals surface area contributed by atoms with Crippen LogP contribution in [0.1, 0.15) is 74.1 Å². The summed E-state index contributed by atoms with van der Waals surface area (Å²) in [5.41, 5.74) is 0.433. The van der Waals surface area contributed by atoms with E-state index in [4.69, 9.17) is 4.74 Å². The summed E-state index contributed by atoms with van der Waals surface area (Å²) in [5, 5.41) is 3.64. The SMILES string of the molecule is CCNC(CCC(C)(C)OC)CC(C)CC(C)(C)C. The monoisotopic (exact) mass is 271 g/mol. The molecule has 1 N–H and O–H groups in total. The Kier molecular flexibility index (Phi) is 8.23. The fourth-order valence-corrected chi connectivity index (χ4v) is 2.83. The molecule has 116 valence electrons. The first-order chi connectivity index (χ1) is 8.59. The summed E-state index contributed by atoms with van der Waals surface area (Å²) in [5.74, 6) is 0.773. The quantitative estimate of drug-likeness (QED) is 0.660. The van der Waals surface area contributed by atoms with E-state index in [0.29, 0.717) is 11.5 Å². The summed E-state index contributed by atoms with van der Waals surface area (Å²) in [4.78, 5) is 0. The van der Waals surface area contributed by atoms with Gasteiger partial charge in [0.05, 0.1) is 5.60 Å². The van der Waals surface area contributed by atoms with Gasteiger partial charge in [-0.15, -0.1) is 0 Å². The van der Waals surface area contributed by atoms with Gasteiger partial charge in [-0.1, -0.05) is 34.6 Å². The van der Waals surface area contributed by atoms with Crippen molar-refractivity contribution in [2.75, 3.05) is 13.7 Å². The molecule has 0 saturated heterocycles. The Morgan fingerprint density at radius 2 is 1.68 bits per heavy atom. The molecule has 0 amide bonds. The van der Waals surface area contributed by atoms with Crippen molar-refractivity contribution in [3.05, 3.63) is 0 Å². The second kappa shape index (κ2) is 8.26. The van der Waals surface area contributed by atoms with Gasteiger partial charge in [-0.3, -0.25) is 0 Å². The summed E-state index contributed by atoms with van der Waals surface area (Å²) in [7, 11) is 1.81. The van der Waals surface area contributed by atoms with Gasteiger partial charge in [-0.2, -0.15) is 0 Å². The smallest absolute Gasteiger partial charge is 0.0623 e. The third-order valence-electron chi connectivity index (χ3n) is 3.79. The Bertz CT molecular complexity index is 230. The average molecular weight is 271 g/mol. The van der Waals surface area contributed by atoms with E-state index >= 15 is 0 Å². The van der Waals surface area contributed by atoms with Gasteiger partial charge >= 0.3 is 0 Å². The predicted molar refractivity (Wildman–Crippen MR) is 85.6 cm³/mol. The molecule has 0 bridgehead atoms. The maximum absolute atomic E-state index is 5.52. The van der Waals surface area contributed by atoms with Gasteiger partial charge in [0.25, 0.3) is 0 Å². The normalized spacial score (nSPS) is 16.4. The summed E-state index contributed by atoms with van der Waals surface area (Å²) >= 11 is 0. The highest BCUT2D eigenvalue weighted by atomic mass is 16.5. The van der Waals surface area contributed by atoms with Crippen LogP contribution in [0.4, 0.5) is 0 Å². The largest absolute Gasteiger partial charge is 0.379 e. The lowest BCUT2D eigenvalue weighted by atomic mass is 9.82. The number of ether oxygens (including phenoxy) is 1. The highest BCUT2D eigenvalue weighted by Crippen LogP contribution is 2.28. The molecule has 0 aromatic carbocycles. The highest BCUT2D eigenvalue weighted by molar-refractivity contribution is 4.77. The van der Waals surface area contributed by atoms with E-state index in [1.807, 2.05) is 7.11 Å². The average Bonchev–Trinajstić information content (AvgIpc) is 2.24. The summed E-state index contributed by atoms with van der Waals surface area (Å²) < 4.78 is 5.52. The van der Waals surface area contributed by atoms with Gasteiger partial charge in [0.1, 0.15) is 0 Å². The van der Waals surface area contributed by atoms with Gasteiger partial charge in [0.2, 0.25) is 0 Å². The first kappa shape index (κ1) is 18.9. The van der Waals surface area contributed by atoms with Crippen LogP contribution in [0.25, 0.3) is 0 Å². The molecule has 0 radical (unpaired) electrons. The predicted octanol–water partition coefficient (Wildman–Crippen LogP) is 4.63. The van der Waals surface area contributed by atoms with Crippen LogP contribution >= 0.6 is 0 Å². The molecule has 0 saturated carbocycles. The van der Waals surface area contributed by atoms with Crippen LogP contribution in [0.3, 0.4) is 0 Å². The van der Waals surface area contributed by atoms with Crippen LogP contribution < -0.4 is 5.32 Å². The minimum atomic E-state index is 0.000929. The minimum absolute atomic E-state index is 0.000929. The van der Waals surface area contributed by atoms with Crippen molar-refractivity contribution < 1.29 is 4.74 Å². The lowest BCUT2D eigenvalue weighted by Gasteiger charge is -2.30. The molecule has 0 heterocycles. The van der Waals surface area contributed by atoms with Crippen molar-refractivity contribution in [1.29, 1.82) is 0 Å². The van der Waals surface area contributed by atoms with Gasteiger partial charge < -0.3 is 10.1 Å². The van der Waals surface area contributed by atoms with E-state index in [1.54, 1.807) is 0 Å². The third kappa shape index (κ3) is 10.4. The number of rotatable bonds is 9. The van der Waals surface area contributed by atoms with Crippen molar-refractivity contribution in [1.82, 2.24) is 5.32 Å². The van der Waals surface area contributed by atoms with Crippen LogP contribution in [-0.2, 0) is 4.74 Å². The maximum Gasteiger partial charge on any atom is 0.0623 e. The van der Waals surface area contributed by atoms with Gasteiger partial charge in [-0.05, 0) is 57.4 Å². The number of hydrogen-bond acceptors (Lipinski definition) is 2. The first-order valence-electron chi connectivity index (χ1n) is 7.88. The molecule has 0 aromatic rings. The molecular formula is C17H37NO. The topological polar surface area (TPSA) is 21.3 Å². The molecular weight excluding hydrogens is 234 g/mol. The molecule has 0 aromatic heterocycles. The van der Waals surface area contributed by atoms with E-state index in [9.17, 15) is 0 Å².